The molecule has 1 aromatic carbocycles. The Hall–Kier alpha value is -2.96. The van der Waals surface area contributed by atoms with E-state index in [1.54, 1.807) is 16.0 Å². The van der Waals surface area contributed by atoms with Gasteiger partial charge in [-0.1, -0.05) is 37.3 Å². The Morgan fingerprint density at radius 1 is 1.21 bits per heavy atom. The highest BCUT2D eigenvalue weighted by Crippen LogP contribution is 2.34. The van der Waals surface area contributed by atoms with Crippen molar-refractivity contribution in [2.45, 2.75) is 31.3 Å². The molecule has 0 N–H and O–H groups in total. The van der Waals surface area contributed by atoms with Gasteiger partial charge in [0.25, 0.3) is 5.91 Å². The fourth-order valence-corrected chi connectivity index (χ4v) is 4.00. The Balaban J connectivity index is 1.36. The average Bonchev–Trinajstić information content (AvgIpc) is 3.03. The normalized spacial score (nSPS) is 19.5. The van der Waals surface area contributed by atoms with Crippen molar-refractivity contribution < 1.29 is 14.3 Å². The van der Waals surface area contributed by atoms with Gasteiger partial charge in [-0.3, -0.25) is 9.78 Å². The maximum absolute atomic E-state index is 12.5. The zero-order chi connectivity index (χ0) is 19.6. The van der Waals surface area contributed by atoms with Crippen molar-refractivity contribution in [3.8, 4) is 0 Å². The van der Waals surface area contributed by atoms with E-state index < -0.39 is 5.60 Å². The van der Waals surface area contributed by atoms with Crippen LogP contribution in [0.5, 0.6) is 0 Å². The molecule has 1 spiro atoms. The number of carbonyl (C=O) groups excluding carboxylic acids is 2. The first kappa shape index (κ1) is 18.4. The molecule has 2 aromatic rings. The lowest BCUT2D eigenvalue weighted by atomic mass is 9.90. The van der Waals surface area contributed by atoms with E-state index in [9.17, 15) is 9.59 Å². The SMILES string of the molecule is CC(CN1CC2(CCN(C(=O)c3cnccn3)CC2)OC1=O)c1ccccc1. The number of nitrogens with zero attached hydrogens (tertiary/aromatic N) is 4. The first-order valence-electron chi connectivity index (χ1n) is 9.64. The summed E-state index contributed by atoms with van der Waals surface area (Å²) in [7, 11) is 0. The lowest BCUT2D eigenvalue weighted by molar-refractivity contribution is 0.00295. The van der Waals surface area contributed by atoms with E-state index in [1.165, 1.54) is 18.0 Å². The quantitative estimate of drug-likeness (QED) is 0.815. The van der Waals surface area contributed by atoms with Crippen molar-refractivity contribution in [3.63, 3.8) is 0 Å². The average molecular weight is 380 g/mol. The topological polar surface area (TPSA) is 75.6 Å². The lowest BCUT2D eigenvalue weighted by Crippen LogP contribution is -2.49. The third kappa shape index (κ3) is 3.69. The molecule has 7 nitrogen and oxygen atoms in total. The molecule has 1 atom stereocenters. The molecule has 2 amide bonds. The van der Waals surface area contributed by atoms with Crippen LogP contribution in [-0.2, 0) is 4.74 Å². The largest absolute Gasteiger partial charge is 0.441 e. The van der Waals surface area contributed by atoms with Gasteiger partial charge in [-0.05, 0) is 11.5 Å². The molecule has 0 aliphatic carbocycles. The van der Waals surface area contributed by atoms with Crippen LogP contribution in [0.2, 0.25) is 0 Å². The minimum absolute atomic E-state index is 0.123. The number of carbonyl (C=O) groups is 2. The second-order valence-corrected chi connectivity index (χ2v) is 7.63. The minimum atomic E-state index is -0.493. The van der Waals surface area contributed by atoms with Gasteiger partial charge in [0.05, 0.1) is 12.7 Å². The highest BCUT2D eigenvalue weighted by atomic mass is 16.6. The molecule has 7 heteroatoms. The molecule has 0 bridgehead atoms. The summed E-state index contributed by atoms with van der Waals surface area (Å²) in [5.74, 6) is 0.115. The second-order valence-electron chi connectivity index (χ2n) is 7.63. The molecule has 0 saturated carbocycles. The van der Waals surface area contributed by atoms with E-state index in [-0.39, 0.29) is 17.9 Å². The van der Waals surface area contributed by atoms with Crippen LogP contribution in [0.3, 0.4) is 0 Å². The van der Waals surface area contributed by atoms with Gasteiger partial charge >= 0.3 is 6.09 Å². The monoisotopic (exact) mass is 380 g/mol. The van der Waals surface area contributed by atoms with E-state index in [0.29, 0.717) is 44.7 Å². The Morgan fingerprint density at radius 2 is 1.96 bits per heavy atom. The first-order chi connectivity index (χ1) is 13.6. The number of amides is 2. The molecular weight excluding hydrogens is 356 g/mol. The highest BCUT2D eigenvalue weighted by Gasteiger charge is 2.47. The molecule has 4 rings (SSSR count). The van der Waals surface area contributed by atoms with Crippen LogP contribution in [0.15, 0.2) is 48.9 Å². The molecule has 146 valence electrons. The Bertz CT molecular complexity index is 835. The van der Waals surface area contributed by atoms with Gasteiger partial charge in [-0.2, -0.15) is 0 Å². The number of aromatic nitrogens is 2. The third-order valence-electron chi connectivity index (χ3n) is 5.65. The third-order valence-corrected chi connectivity index (χ3v) is 5.65. The van der Waals surface area contributed by atoms with Crippen LogP contribution in [-0.4, -0.2) is 63.5 Å². The minimum Gasteiger partial charge on any atom is -0.441 e. The number of ether oxygens (including phenoxy) is 1. The Kier molecular flexibility index (Phi) is 4.98. The number of hydrogen-bond acceptors (Lipinski definition) is 5. The van der Waals surface area contributed by atoms with Crippen LogP contribution < -0.4 is 0 Å². The van der Waals surface area contributed by atoms with Crippen LogP contribution in [0.1, 0.15) is 41.7 Å². The van der Waals surface area contributed by atoms with Gasteiger partial charge in [-0.25, -0.2) is 9.78 Å². The number of benzene rings is 1. The number of likely N-dealkylation sites (tertiary alicyclic amines) is 1. The zero-order valence-electron chi connectivity index (χ0n) is 16.0. The van der Waals surface area contributed by atoms with E-state index in [1.807, 2.05) is 18.2 Å². The van der Waals surface area contributed by atoms with E-state index in [4.69, 9.17) is 4.74 Å². The summed E-state index contributed by atoms with van der Waals surface area (Å²) in [6.45, 7) is 4.42. The summed E-state index contributed by atoms with van der Waals surface area (Å²) in [4.78, 5) is 36.6. The first-order valence-corrected chi connectivity index (χ1v) is 9.64. The van der Waals surface area contributed by atoms with E-state index in [2.05, 4.69) is 29.0 Å². The van der Waals surface area contributed by atoms with Gasteiger partial charge in [-0.15, -0.1) is 0 Å². The number of rotatable bonds is 4. The highest BCUT2D eigenvalue weighted by molar-refractivity contribution is 5.92. The number of hydrogen-bond donors (Lipinski definition) is 0. The van der Waals surface area contributed by atoms with Crippen molar-refractivity contribution in [1.29, 1.82) is 0 Å². The van der Waals surface area contributed by atoms with Gasteiger partial charge in [0.2, 0.25) is 0 Å². The summed E-state index contributed by atoms with van der Waals surface area (Å²) in [6, 6.07) is 10.2. The van der Waals surface area contributed by atoms with Gasteiger partial charge in [0.15, 0.2) is 0 Å². The second kappa shape index (κ2) is 7.58. The molecule has 3 heterocycles. The van der Waals surface area contributed by atoms with Crippen molar-refractivity contribution >= 4 is 12.0 Å². The molecule has 28 heavy (non-hydrogen) atoms. The van der Waals surface area contributed by atoms with Crippen LogP contribution in [0.25, 0.3) is 0 Å². The molecule has 2 saturated heterocycles. The Labute approximate surface area is 164 Å². The predicted molar refractivity (Wildman–Crippen MR) is 103 cm³/mol. The van der Waals surface area contributed by atoms with Crippen molar-refractivity contribution in [1.82, 2.24) is 19.8 Å². The van der Waals surface area contributed by atoms with Crippen molar-refractivity contribution in [3.05, 3.63) is 60.2 Å². The lowest BCUT2D eigenvalue weighted by Gasteiger charge is -2.37. The molecular formula is C21H24N4O3. The zero-order valence-corrected chi connectivity index (χ0v) is 16.0. The molecule has 0 radical (unpaired) electrons. The summed E-state index contributed by atoms with van der Waals surface area (Å²) in [5.41, 5.74) is 1.06. The molecule has 1 unspecified atom stereocenters. The standard InChI is InChI=1S/C21H24N4O3/c1-16(17-5-3-2-4-6-17)14-25-15-21(28-20(25)27)7-11-24(12-8-21)19(26)18-13-22-9-10-23-18/h2-6,9-10,13,16H,7-8,11-12,14-15H2,1H3. The van der Waals surface area contributed by atoms with E-state index in [0.717, 1.165) is 0 Å². The van der Waals surface area contributed by atoms with Gasteiger partial charge in [0, 0.05) is 44.9 Å². The molecule has 2 aliphatic heterocycles. The summed E-state index contributed by atoms with van der Waals surface area (Å²) in [5, 5.41) is 0. The molecule has 1 aromatic heterocycles. The summed E-state index contributed by atoms with van der Waals surface area (Å²) in [6.07, 6.45) is 5.57. The Morgan fingerprint density at radius 3 is 2.64 bits per heavy atom. The summed E-state index contributed by atoms with van der Waals surface area (Å²) >= 11 is 0. The molecule has 2 aliphatic rings. The van der Waals surface area contributed by atoms with Gasteiger partial charge < -0.3 is 14.5 Å². The van der Waals surface area contributed by atoms with Crippen LogP contribution in [0, 0.1) is 0 Å². The van der Waals surface area contributed by atoms with Crippen molar-refractivity contribution in [2.75, 3.05) is 26.2 Å². The van der Waals surface area contributed by atoms with Crippen LogP contribution >= 0.6 is 0 Å². The van der Waals surface area contributed by atoms with E-state index >= 15 is 0 Å². The maximum atomic E-state index is 12.5. The fraction of sp³-hybridized carbons (Fsp3) is 0.429. The van der Waals surface area contributed by atoms with Gasteiger partial charge in [0.1, 0.15) is 11.3 Å². The van der Waals surface area contributed by atoms with Crippen molar-refractivity contribution in [2.24, 2.45) is 0 Å². The maximum Gasteiger partial charge on any atom is 0.410 e. The van der Waals surface area contributed by atoms with Crippen LogP contribution in [0.4, 0.5) is 4.79 Å². The number of piperidine rings is 1. The molecule has 2 fully saturated rings. The predicted octanol–water partition coefficient (Wildman–Crippen LogP) is 2.71. The fourth-order valence-electron chi connectivity index (χ4n) is 4.00. The smallest absolute Gasteiger partial charge is 0.410 e. The summed E-state index contributed by atoms with van der Waals surface area (Å²) < 4.78 is 5.79.